The Hall–Kier alpha value is -1.94. The van der Waals surface area contributed by atoms with Crippen LogP contribution in [0.1, 0.15) is 29.3 Å². The van der Waals surface area contributed by atoms with Gasteiger partial charge in [-0.1, -0.05) is 31.2 Å². The minimum atomic E-state index is 0.964. The number of anilines is 1. The van der Waals surface area contributed by atoms with Gasteiger partial charge in [0.05, 0.1) is 5.69 Å². The predicted octanol–water partition coefficient (Wildman–Crippen LogP) is 2.42. The molecule has 2 aliphatic heterocycles. The van der Waals surface area contributed by atoms with Gasteiger partial charge in [0.25, 0.3) is 0 Å². The third-order valence-electron chi connectivity index (χ3n) is 4.94. The average molecular weight is 294 g/mol. The van der Waals surface area contributed by atoms with Gasteiger partial charge in [0.15, 0.2) is 0 Å². The van der Waals surface area contributed by atoms with Gasteiger partial charge in [-0.05, 0) is 24.1 Å². The van der Waals surface area contributed by atoms with E-state index in [1.165, 1.54) is 22.4 Å². The minimum absolute atomic E-state index is 0.964. The Morgan fingerprint density at radius 1 is 1.00 bits per heavy atom. The van der Waals surface area contributed by atoms with Crippen LogP contribution in [-0.4, -0.2) is 34.5 Å². The number of hydrogen-bond donors (Lipinski definition) is 0. The molecule has 2 aliphatic rings. The van der Waals surface area contributed by atoms with Crippen LogP contribution in [-0.2, 0) is 25.9 Å². The van der Waals surface area contributed by atoms with Crippen LogP contribution in [0.5, 0.6) is 0 Å². The first-order chi connectivity index (χ1) is 10.8. The highest BCUT2D eigenvalue weighted by Crippen LogP contribution is 2.29. The van der Waals surface area contributed by atoms with Gasteiger partial charge >= 0.3 is 0 Å². The molecule has 0 bridgehead atoms. The van der Waals surface area contributed by atoms with Crippen molar-refractivity contribution < 1.29 is 0 Å². The van der Waals surface area contributed by atoms with E-state index in [0.29, 0.717) is 0 Å². The Balaban J connectivity index is 1.67. The molecule has 0 N–H and O–H groups in total. The van der Waals surface area contributed by atoms with Crippen LogP contribution in [0.4, 0.5) is 5.82 Å². The molecule has 1 aromatic carbocycles. The first kappa shape index (κ1) is 13.7. The molecular formula is C18H22N4. The molecule has 0 fully saturated rings. The highest BCUT2D eigenvalue weighted by Gasteiger charge is 2.25. The van der Waals surface area contributed by atoms with E-state index in [9.17, 15) is 0 Å². The maximum absolute atomic E-state index is 4.65. The zero-order valence-electron chi connectivity index (χ0n) is 13.1. The summed E-state index contributed by atoms with van der Waals surface area (Å²) >= 11 is 0. The molecule has 114 valence electrons. The third-order valence-corrected chi connectivity index (χ3v) is 4.94. The number of nitrogens with zero attached hydrogens (tertiary/aromatic N) is 4. The lowest BCUT2D eigenvalue weighted by molar-refractivity contribution is 0.265. The van der Waals surface area contributed by atoms with Gasteiger partial charge in [0.1, 0.15) is 12.1 Å². The van der Waals surface area contributed by atoms with Crippen LogP contribution in [0.15, 0.2) is 30.6 Å². The second-order valence-corrected chi connectivity index (χ2v) is 6.18. The van der Waals surface area contributed by atoms with Crippen molar-refractivity contribution in [1.82, 2.24) is 14.9 Å². The maximum Gasteiger partial charge on any atom is 0.137 e. The maximum atomic E-state index is 4.65. The van der Waals surface area contributed by atoms with Crippen LogP contribution in [0.25, 0.3) is 0 Å². The molecule has 0 saturated heterocycles. The van der Waals surface area contributed by atoms with E-state index in [2.05, 4.69) is 51.0 Å². The summed E-state index contributed by atoms with van der Waals surface area (Å²) in [5, 5.41) is 0. The van der Waals surface area contributed by atoms with Gasteiger partial charge in [-0.3, -0.25) is 4.90 Å². The fraction of sp³-hybridized carbons (Fsp3) is 0.444. The van der Waals surface area contributed by atoms with Gasteiger partial charge in [-0.25, -0.2) is 9.97 Å². The minimum Gasteiger partial charge on any atom is -0.352 e. The summed E-state index contributed by atoms with van der Waals surface area (Å²) in [7, 11) is 0. The van der Waals surface area contributed by atoms with Crippen molar-refractivity contribution in [2.24, 2.45) is 0 Å². The molecule has 4 nitrogen and oxygen atoms in total. The molecule has 22 heavy (non-hydrogen) atoms. The monoisotopic (exact) mass is 294 g/mol. The largest absolute Gasteiger partial charge is 0.352 e. The molecule has 1 aromatic heterocycles. The summed E-state index contributed by atoms with van der Waals surface area (Å²) in [6.45, 7) is 7.43. The normalized spacial score (nSPS) is 18.0. The summed E-state index contributed by atoms with van der Waals surface area (Å²) < 4.78 is 0. The lowest BCUT2D eigenvalue weighted by Gasteiger charge is -2.34. The van der Waals surface area contributed by atoms with Crippen molar-refractivity contribution in [3.63, 3.8) is 0 Å². The fourth-order valence-electron chi connectivity index (χ4n) is 3.60. The molecule has 0 radical (unpaired) electrons. The first-order valence-electron chi connectivity index (χ1n) is 8.22. The lowest BCUT2D eigenvalue weighted by Crippen LogP contribution is -2.36. The van der Waals surface area contributed by atoms with Crippen LogP contribution in [0.2, 0.25) is 0 Å². The summed E-state index contributed by atoms with van der Waals surface area (Å²) in [6.07, 6.45) is 3.89. The SMILES string of the molecule is CCN1CCc2ncnc(N3CCc4ccccc4C3)c2C1. The number of hydrogen-bond acceptors (Lipinski definition) is 4. The Bertz CT molecular complexity index is 683. The van der Waals surface area contributed by atoms with Crippen molar-refractivity contribution >= 4 is 5.82 Å². The zero-order valence-corrected chi connectivity index (χ0v) is 13.1. The van der Waals surface area contributed by atoms with Crippen molar-refractivity contribution in [1.29, 1.82) is 0 Å². The smallest absolute Gasteiger partial charge is 0.137 e. The van der Waals surface area contributed by atoms with E-state index in [4.69, 9.17) is 0 Å². The van der Waals surface area contributed by atoms with Crippen LogP contribution in [0, 0.1) is 0 Å². The number of benzene rings is 1. The molecule has 4 heteroatoms. The highest BCUT2D eigenvalue weighted by molar-refractivity contribution is 5.52. The van der Waals surface area contributed by atoms with Crippen molar-refractivity contribution in [3.05, 3.63) is 53.0 Å². The number of rotatable bonds is 2. The van der Waals surface area contributed by atoms with E-state index in [1.807, 2.05) is 0 Å². The van der Waals surface area contributed by atoms with Gasteiger partial charge in [-0.15, -0.1) is 0 Å². The molecule has 2 aromatic rings. The van der Waals surface area contributed by atoms with Crippen LogP contribution < -0.4 is 4.90 Å². The lowest BCUT2D eigenvalue weighted by atomic mass is 9.99. The average Bonchev–Trinajstić information content (AvgIpc) is 2.60. The number of aromatic nitrogens is 2. The molecule has 0 saturated carbocycles. The molecular weight excluding hydrogens is 272 g/mol. The summed E-state index contributed by atoms with van der Waals surface area (Å²) in [6, 6.07) is 8.77. The topological polar surface area (TPSA) is 32.3 Å². The van der Waals surface area contributed by atoms with Gasteiger partial charge < -0.3 is 4.90 Å². The Morgan fingerprint density at radius 3 is 2.73 bits per heavy atom. The Kier molecular flexibility index (Phi) is 3.54. The Labute approximate surface area is 131 Å². The highest BCUT2D eigenvalue weighted by atomic mass is 15.2. The molecule has 4 rings (SSSR count). The summed E-state index contributed by atoms with van der Waals surface area (Å²) in [4.78, 5) is 14.1. The second kappa shape index (κ2) is 5.69. The predicted molar refractivity (Wildman–Crippen MR) is 87.9 cm³/mol. The van der Waals surface area contributed by atoms with Crippen molar-refractivity contribution in [3.8, 4) is 0 Å². The number of likely N-dealkylation sites (N-methyl/N-ethyl adjacent to an activating group) is 1. The molecule has 3 heterocycles. The summed E-state index contributed by atoms with van der Waals surface area (Å²) in [5.41, 5.74) is 5.50. The zero-order chi connectivity index (χ0) is 14.9. The van der Waals surface area contributed by atoms with E-state index in [0.717, 1.165) is 51.4 Å². The van der Waals surface area contributed by atoms with Crippen molar-refractivity contribution in [2.45, 2.75) is 32.9 Å². The standard InChI is InChI=1S/C18H22N4/c1-2-21-9-8-17-16(12-21)18(20-13-19-17)22-10-7-14-5-3-4-6-15(14)11-22/h3-6,13H,2,7-12H2,1H3. The molecule has 0 aliphatic carbocycles. The van der Waals surface area contributed by atoms with E-state index >= 15 is 0 Å². The second-order valence-electron chi connectivity index (χ2n) is 6.18. The van der Waals surface area contributed by atoms with Gasteiger partial charge in [0, 0.05) is 38.2 Å². The number of fused-ring (bicyclic) bond motifs is 2. The van der Waals surface area contributed by atoms with Gasteiger partial charge in [0.2, 0.25) is 0 Å². The summed E-state index contributed by atoms with van der Waals surface area (Å²) in [5.74, 6) is 1.15. The van der Waals surface area contributed by atoms with E-state index in [1.54, 1.807) is 6.33 Å². The van der Waals surface area contributed by atoms with E-state index < -0.39 is 0 Å². The quantitative estimate of drug-likeness (QED) is 0.851. The fourth-order valence-corrected chi connectivity index (χ4v) is 3.60. The Morgan fingerprint density at radius 2 is 1.86 bits per heavy atom. The molecule has 0 amide bonds. The molecule has 0 spiro atoms. The molecule has 0 unspecified atom stereocenters. The van der Waals surface area contributed by atoms with Gasteiger partial charge in [-0.2, -0.15) is 0 Å². The third kappa shape index (κ3) is 2.37. The first-order valence-corrected chi connectivity index (χ1v) is 8.22. The van der Waals surface area contributed by atoms with E-state index in [-0.39, 0.29) is 0 Å². The van der Waals surface area contributed by atoms with Crippen molar-refractivity contribution in [2.75, 3.05) is 24.5 Å². The molecule has 0 atom stereocenters. The van der Waals surface area contributed by atoms with Crippen LogP contribution >= 0.6 is 0 Å². The van der Waals surface area contributed by atoms with Crippen LogP contribution in [0.3, 0.4) is 0 Å².